The summed E-state index contributed by atoms with van der Waals surface area (Å²) < 4.78 is 84.6. The number of fused-ring (bicyclic) bond motifs is 1. The first-order valence-corrected chi connectivity index (χ1v) is 10.0. The van der Waals surface area contributed by atoms with Crippen LogP contribution in [0.3, 0.4) is 0 Å². The summed E-state index contributed by atoms with van der Waals surface area (Å²) in [6, 6.07) is 12.4. The molecule has 0 spiro atoms. The number of nitrogens with one attached hydrogen (secondary N) is 1. The van der Waals surface area contributed by atoms with Crippen LogP contribution in [0.15, 0.2) is 65.5 Å². The number of H-pyrrole nitrogens is 1. The van der Waals surface area contributed by atoms with Gasteiger partial charge in [-0.1, -0.05) is 42.5 Å². The molecule has 0 saturated carbocycles. The molecular weight excluding hydrogens is 480 g/mol. The van der Waals surface area contributed by atoms with E-state index in [-0.39, 0.29) is 34.5 Å². The fraction of sp³-hybridized carbons (Fsp3) is 0.174. The Morgan fingerprint density at radius 1 is 0.943 bits per heavy atom. The molecule has 12 heteroatoms. The molecule has 0 aliphatic carbocycles. The fourth-order valence-electron chi connectivity index (χ4n) is 3.43. The number of aromatic nitrogens is 3. The maximum absolute atomic E-state index is 13.6. The average molecular weight is 495 g/mol. The standard InChI is InChI=1S/C23H15F6N3O3/c24-22(25,26)15-8-6-13(7-9-15)10-18(34)35-12-16-11-17(33)32-21(30-16)19(14-4-2-1-3-5-14)20(31-32)23(27,28)29/h1-9,11,31H,10,12H2. The van der Waals surface area contributed by atoms with Crippen molar-refractivity contribution in [3.63, 3.8) is 0 Å². The van der Waals surface area contributed by atoms with Gasteiger partial charge in [0.05, 0.1) is 23.2 Å². The van der Waals surface area contributed by atoms with E-state index in [0.717, 1.165) is 30.3 Å². The SMILES string of the molecule is O=C(Cc1ccc(C(F)(F)F)cc1)OCc1cc(=O)n2[nH]c(C(F)(F)F)c(-c3ccccc3)c2n1. The van der Waals surface area contributed by atoms with Gasteiger partial charge in [0.1, 0.15) is 12.3 Å². The highest BCUT2D eigenvalue weighted by atomic mass is 19.4. The van der Waals surface area contributed by atoms with Crippen LogP contribution in [0.5, 0.6) is 0 Å². The van der Waals surface area contributed by atoms with E-state index in [2.05, 4.69) is 4.98 Å². The molecule has 35 heavy (non-hydrogen) atoms. The van der Waals surface area contributed by atoms with E-state index in [1.54, 1.807) is 6.07 Å². The average Bonchev–Trinajstić information content (AvgIpc) is 3.19. The molecule has 0 aliphatic rings. The highest BCUT2D eigenvalue weighted by Crippen LogP contribution is 2.38. The topological polar surface area (TPSA) is 76.5 Å². The van der Waals surface area contributed by atoms with Crippen LogP contribution in [0, 0.1) is 0 Å². The predicted octanol–water partition coefficient (Wildman–Crippen LogP) is 5.01. The van der Waals surface area contributed by atoms with Crippen LogP contribution in [0.1, 0.15) is 22.5 Å². The highest BCUT2D eigenvalue weighted by Gasteiger charge is 2.38. The molecule has 0 unspecified atom stereocenters. The fourth-order valence-corrected chi connectivity index (χ4v) is 3.43. The molecule has 182 valence electrons. The summed E-state index contributed by atoms with van der Waals surface area (Å²) >= 11 is 0. The molecule has 2 aromatic heterocycles. The maximum atomic E-state index is 13.6. The molecule has 2 aromatic carbocycles. The third kappa shape index (κ3) is 5.20. The van der Waals surface area contributed by atoms with Crippen LogP contribution in [0.25, 0.3) is 16.8 Å². The van der Waals surface area contributed by atoms with Crippen molar-refractivity contribution in [1.82, 2.24) is 14.6 Å². The number of alkyl halides is 6. The van der Waals surface area contributed by atoms with Crippen LogP contribution in [0.4, 0.5) is 26.3 Å². The lowest BCUT2D eigenvalue weighted by atomic mass is 10.1. The van der Waals surface area contributed by atoms with E-state index in [1.165, 1.54) is 24.3 Å². The summed E-state index contributed by atoms with van der Waals surface area (Å²) in [6.07, 6.45) is -9.67. The summed E-state index contributed by atoms with van der Waals surface area (Å²) in [6.45, 7) is -0.522. The van der Waals surface area contributed by atoms with Gasteiger partial charge < -0.3 is 4.74 Å². The van der Waals surface area contributed by atoms with E-state index in [0.29, 0.717) is 4.52 Å². The van der Waals surface area contributed by atoms with Gasteiger partial charge in [-0.15, -0.1) is 0 Å². The monoisotopic (exact) mass is 495 g/mol. The first-order chi connectivity index (χ1) is 16.4. The van der Waals surface area contributed by atoms with Gasteiger partial charge in [0, 0.05) is 6.07 Å². The number of nitrogens with zero attached hydrogens (tertiary/aromatic N) is 2. The van der Waals surface area contributed by atoms with Gasteiger partial charge in [0.15, 0.2) is 5.65 Å². The summed E-state index contributed by atoms with van der Waals surface area (Å²) in [5, 5.41) is 2.04. The molecule has 4 rings (SSSR count). The quantitative estimate of drug-likeness (QED) is 0.312. The summed E-state index contributed by atoms with van der Waals surface area (Å²) in [4.78, 5) is 28.7. The minimum absolute atomic E-state index is 0.0966. The first-order valence-electron chi connectivity index (χ1n) is 10.0. The van der Waals surface area contributed by atoms with Gasteiger partial charge in [-0.05, 0) is 23.3 Å². The van der Waals surface area contributed by atoms with Crippen LogP contribution >= 0.6 is 0 Å². The Kier molecular flexibility index (Phi) is 6.14. The van der Waals surface area contributed by atoms with E-state index >= 15 is 0 Å². The van der Waals surface area contributed by atoms with Crippen LogP contribution < -0.4 is 5.56 Å². The van der Waals surface area contributed by atoms with Gasteiger partial charge in [-0.3, -0.25) is 14.7 Å². The zero-order valence-corrected chi connectivity index (χ0v) is 17.6. The number of hydrogen-bond donors (Lipinski definition) is 1. The molecule has 1 N–H and O–H groups in total. The molecule has 6 nitrogen and oxygen atoms in total. The number of carbonyl (C=O) groups is 1. The van der Waals surface area contributed by atoms with Crippen molar-refractivity contribution in [2.45, 2.75) is 25.4 Å². The minimum atomic E-state index is -4.81. The van der Waals surface area contributed by atoms with Crippen LogP contribution in [-0.2, 0) is 34.9 Å². The second-order valence-corrected chi connectivity index (χ2v) is 7.50. The van der Waals surface area contributed by atoms with Crippen molar-refractivity contribution in [2.24, 2.45) is 0 Å². The molecular formula is C23H15F6N3O3. The Morgan fingerprint density at radius 2 is 1.60 bits per heavy atom. The molecule has 4 aromatic rings. The van der Waals surface area contributed by atoms with Gasteiger partial charge in [0.25, 0.3) is 5.56 Å². The van der Waals surface area contributed by atoms with Gasteiger partial charge in [0.2, 0.25) is 0 Å². The number of aromatic amines is 1. The summed E-state index contributed by atoms with van der Waals surface area (Å²) in [5.74, 6) is -0.819. The van der Waals surface area contributed by atoms with E-state index in [4.69, 9.17) is 4.74 Å². The molecule has 0 atom stereocenters. The molecule has 0 fully saturated rings. The largest absolute Gasteiger partial charge is 0.459 e. The predicted molar refractivity (Wildman–Crippen MR) is 111 cm³/mol. The molecule has 0 saturated heterocycles. The van der Waals surface area contributed by atoms with Crippen molar-refractivity contribution < 1.29 is 35.9 Å². The number of halogens is 6. The first kappa shape index (κ1) is 24.0. The lowest BCUT2D eigenvalue weighted by molar-refractivity contribution is -0.144. The molecule has 2 heterocycles. The Morgan fingerprint density at radius 3 is 2.20 bits per heavy atom. The number of carbonyl (C=O) groups excluding carboxylic acids is 1. The van der Waals surface area contributed by atoms with Crippen molar-refractivity contribution in [2.75, 3.05) is 0 Å². The number of esters is 1. The molecule has 0 amide bonds. The Hall–Kier alpha value is -4.09. The Labute approximate surface area is 192 Å². The Bertz CT molecular complexity index is 1420. The van der Waals surface area contributed by atoms with Gasteiger partial charge in [-0.2, -0.15) is 26.3 Å². The zero-order valence-electron chi connectivity index (χ0n) is 17.6. The third-order valence-electron chi connectivity index (χ3n) is 5.03. The second kappa shape index (κ2) is 8.93. The van der Waals surface area contributed by atoms with E-state index in [1.807, 2.05) is 5.10 Å². The molecule has 0 radical (unpaired) electrons. The molecule has 0 aliphatic heterocycles. The minimum Gasteiger partial charge on any atom is -0.459 e. The lowest BCUT2D eigenvalue weighted by Gasteiger charge is -2.08. The van der Waals surface area contributed by atoms with Crippen molar-refractivity contribution in [3.8, 4) is 11.1 Å². The van der Waals surface area contributed by atoms with E-state index in [9.17, 15) is 35.9 Å². The highest BCUT2D eigenvalue weighted by molar-refractivity contribution is 5.80. The van der Waals surface area contributed by atoms with Crippen molar-refractivity contribution in [3.05, 3.63) is 93.5 Å². The molecule has 0 bridgehead atoms. The summed E-state index contributed by atoms with van der Waals surface area (Å²) in [7, 11) is 0. The van der Waals surface area contributed by atoms with Crippen LogP contribution in [0.2, 0.25) is 0 Å². The maximum Gasteiger partial charge on any atom is 0.433 e. The number of rotatable bonds is 5. The zero-order chi connectivity index (χ0) is 25.4. The number of ether oxygens (including phenoxy) is 1. The van der Waals surface area contributed by atoms with Crippen molar-refractivity contribution in [1.29, 1.82) is 0 Å². The van der Waals surface area contributed by atoms with E-state index < -0.39 is 41.7 Å². The smallest absolute Gasteiger partial charge is 0.433 e. The third-order valence-corrected chi connectivity index (χ3v) is 5.03. The second-order valence-electron chi connectivity index (χ2n) is 7.50. The Balaban J connectivity index is 1.59. The summed E-state index contributed by atoms with van der Waals surface area (Å²) in [5.41, 5.74) is -3.19. The van der Waals surface area contributed by atoms with Gasteiger partial charge in [-0.25, -0.2) is 9.50 Å². The van der Waals surface area contributed by atoms with Crippen molar-refractivity contribution >= 4 is 11.6 Å². The normalized spacial score (nSPS) is 12.2. The lowest BCUT2D eigenvalue weighted by Crippen LogP contribution is -2.18. The number of benzene rings is 2. The number of hydrogen-bond acceptors (Lipinski definition) is 4. The van der Waals surface area contributed by atoms with Crippen LogP contribution in [-0.4, -0.2) is 20.6 Å². The van der Waals surface area contributed by atoms with Gasteiger partial charge >= 0.3 is 18.3 Å².